The summed E-state index contributed by atoms with van der Waals surface area (Å²) in [6, 6.07) is 0. The van der Waals surface area contributed by atoms with E-state index in [1.54, 1.807) is 0 Å². The Morgan fingerprint density at radius 2 is 1.92 bits per heavy atom. The van der Waals surface area contributed by atoms with Crippen LogP contribution in [0.3, 0.4) is 0 Å². The minimum Gasteiger partial charge on any atom is -0.350 e. The summed E-state index contributed by atoms with van der Waals surface area (Å²) in [4.78, 5) is 0. The van der Waals surface area contributed by atoms with Gasteiger partial charge in [0.05, 0.1) is 13.2 Å². The van der Waals surface area contributed by atoms with Crippen LogP contribution in [0, 0.1) is 11.8 Å². The molecule has 0 aromatic carbocycles. The van der Waals surface area contributed by atoms with E-state index in [9.17, 15) is 0 Å². The highest BCUT2D eigenvalue weighted by Gasteiger charge is 2.43. The van der Waals surface area contributed by atoms with Crippen LogP contribution in [0.4, 0.5) is 0 Å². The first-order valence-electron chi connectivity index (χ1n) is 5.54. The van der Waals surface area contributed by atoms with E-state index in [2.05, 4.69) is 13.8 Å². The van der Waals surface area contributed by atoms with Gasteiger partial charge < -0.3 is 9.47 Å². The van der Waals surface area contributed by atoms with E-state index in [0.717, 1.165) is 32.0 Å². The molecule has 13 heavy (non-hydrogen) atoms. The molecule has 0 N–H and O–H groups in total. The Balaban J connectivity index is 1.82. The number of ether oxygens (including phenoxy) is 2. The second-order valence-corrected chi connectivity index (χ2v) is 4.53. The first kappa shape index (κ1) is 9.47. The summed E-state index contributed by atoms with van der Waals surface area (Å²) in [5.41, 5.74) is 0. The number of hydrogen-bond donors (Lipinski definition) is 0. The van der Waals surface area contributed by atoms with Crippen molar-refractivity contribution in [2.24, 2.45) is 11.8 Å². The van der Waals surface area contributed by atoms with Crippen molar-refractivity contribution in [3.05, 3.63) is 0 Å². The topological polar surface area (TPSA) is 18.5 Å². The molecule has 1 unspecified atom stereocenters. The fourth-order valence-electron chi connectivity index (χ4n) is 2.02. The van der Waals surface area contributed by atoms with Gasteiger partial charge in [-0.2, -0.15) is 0 Å². The molecule has 0 aromatic heterocycles. The Morgan fingerprint density at radius 1 is 1.31 bits per heavy atom. The van der Waals surface area contributed by atoms with E-state index in [-0.39, 0.29) is 5.79 Å². The predicted molar refractivity (Wildman–Crippen MR) is 51.4 cm³/mol. The van der Waals surface area contributed by atoms with Crippen molar-refractivity contribution in [1.82, 2.24) is 0 Å². The van der Waals surface area contributed by atoms with Crippen molar-refractivity contribution in [1.29, 1.82) is 0 Å². The van der Waals surface area contributed by atoms with Crippen molar-refractivity contribution in [3.8, 4) is 0 Å². The van der Waals surface area contributed by atoms with Crippen LogP contribution >= 0.6 is 0 Å². The average Bonchev–Trinajstić information content (AvgIpc) is 2.14. The van der Waals surface area contributed by atoms with Crippen molar-refractivity contribution in [3.63, 3.8) is 0 Å². The molecule has 1 saturated heterocycles. The third kappa shape index (κ3) is 1.75. The zero-order chi connectivity index (χ0) is 9.31. The molecule has 0 amide bonds. The summed E-state index contributed by atoms with van der Waals surface area (Å²) < 4.78 is 11.6. The first-order valence-corrected chi connectivity index (χ1v) is 5.54. The lowest BCUT2D eigenvalue weighted by molar-refractivity contribution is -0.320. The largest absolute Gasteiger partial charge is 0.350 e. The van der Waals surface area contributed by atoms with Gasteiger partial charge in [-0.05, 0) is 12.3 Å². The second-order valence-electron chi connectivity index (χ2n) is 4.53. The molecule has 0 radical (unpaired) electrons. The molecule has 2 heteroatoms. The van der Waals surface area contributed by atoms with Gasteiger partial charge in [-0.25, -0.2) is 0 Å². The number of hydrogen-bond acceptors (Lipinski definition) is 2. The van der Waals surface area contributed by atoms with Crippen LogP contribution in [0.15, 0.2) is 0 Å². The molecule has 76 valence electrons. The second kappa shape index (κ2) is 3.58. The molecule has 0 aromatic rings. The van der Waals surface area contributed by atoms with Crippen LogP contribution < -0.4 is 0 Å². The fraction of sp³-hybridized carbons (Fsp3) is 1.00. The van der Waals surface area contributed by atoms with E-state index in [1.165, 1.54) is 12.8 Å². The van der Waals surface area contributed by atoms with Gasteiger partial charge in [0.2, 0.25) is 0 Å². The lowest BCUT2D eigenvalue weighted by Gasteiger charge is -2.46. The van der Waals surface area contributed by atoms with Crippen molar-refractivity contribution in [2.75, 3.05) is 13.2 Å². The molecule has 1 saturated carbocycles. The van der Waals surface area contributed by atoms with Gasteiger partial charge in [0, 0.05) is 18.8 Å². The van der Waals surface area contributed by atoms with Crippen molar-refractivity contribution in [2.45, 2.75) is 45.3 Å². The van der Waals surface area contributed by atoms with Crippen LogP contribution in [0.25, 0.3) is 0 Å². The molecule has 1 heterocycles. The minimum atomic E-state index is -0.135. The van der Waals surface area contributed by atoms with Gasteiger partial charge in [-0.3, -0.25) is 0 Å². The Bertz CT molecular complexity index is 165. The van der Waals surface area contributed by atoms with Crippen LogP contribution in [-0.4, -0.2) is 19.0 Å². The SMILES string of the molecule is CCC(C)C1COC2(CCC2)OC1. The molecule has 0 bridgehead atoms. The molecule has 1 aliphatic heterocycles. The molecule has 1 spiro atoms. The van der Waals surface area contributed by atoms with E-state index < -0.39 is 0 Å². The maximum atomic E-state index is 5.81. The van der Waals surface area contributed by atoms with Gasteiger partial charge in [0.15, 0.2) is 5.79 Å². The fourth-order valence-corrected chi connectivity index (χ4v) is 2.02. The molecule has 2 nitrogen and oxygen atoms in total. The van der Waals surface area contributed by atoms with Crippen molar-refractivity contribution >= 4 is 0 Å². The summed E-state index contributed by atoms with van der Waals surface area (Å²) in [6.45, 7) is 6.35. The minimum absolute atomic E-state index is 0.135. The summed E-state index contributed by atoms with van der Waals surface area (Å²) in [5.74, 6) is 1.22. The third-order valence-corrected chi connectivity index (χ3v) is 3.68. The number of rotatable bonds is 2. The van der Waals surface area contributed by atoms with Gasteiger partial charge in [-0.15, -0.1) is 0 Å². The van der Waals surface area contributed by atoms with Crippen LogP contribution in [0.2, 0.25) is 0 Å². The molecular formula is C11H20O2. The molecule has 2 rings (SSSR count). The van der Waals surface area contributed by atoms with Gasteiger partial charge in [-0.1, -0.05) is 20.3 Å². The monoisotopic (exact) mass is 184 g/mol. The van der Waals surface area contributed by atoms with Crippen LogP contribution in [-0.2, 0) is 9.47 Å². The first-order chi connectivity index (χ1) is 6.26. The smallest absolute Gasteiger partial charge is 0.168 e. The van der Waals surface area contributed by atoms with Gasteiger partial charge in [0.25, 0.3) is 0 Å². The molecule has 2 fully saturated rings. The maximum absolute atomic E-state index is 5.81. The molecular weight excluding hydrogens is 164 g/mol. The Kier molecular flexibility index (Phi) is 2.61. The van der Waals surface area contributed by atoms with Crippen LogP contribution in [0.1, 0.15) is 39.5 Å². The molecule has 1 aliphatic carbocycles. The normalized spacial score (nSPS) is 30.0. The highest BCUT2D eigenvalue weighted by Crippen LogP contribution is 2.40. The highest BCUT2D eigenvalue weighted by atomic mass is 16.7. The summed E-state index contributed by atoms with van der Waals surface area (Å²) in [5, 5.41) is 0. The van der Waals surface area contributed by atoms with Gasteiger partial charge in [0.1, 0.15) is 0 Å². The summed E-state index contributed by atoms with van der Waals surface area (Å²) in [7, 11) is 0. The van der Waals surface area contributed by atoms with E-state index in [4.69, 9.17) is 9.47 Å². The quantitative estimate of drug-likeness (QED) is 0.656. The highest BCUT2D eigenvalue weighted by molar-refractivity contribution is 4.84. The van der Waals surface area contributed by atoms with Gasteiger partial charge >= 0.3 is 0 Å². The summed E-state index contributed by atoms with van der Waals surface area (Å²) in [6.07, 6.45) is 4.72. The van der Waals surface area contributed by atoms with E-state index >= 15 is 0 Å². The lowest BCUT2D eigenvalue weighted by Crippen LogP contribution is -2.50. The molecule has 2 aliphatic rings. The van der Waals surface area contributed by atoms with Crippen molar-refractivity contribution < 1.29 is 9.47 Å². The van der Waals surface area contributed by atoms with Crippen LogP contribution in [0.5, 0.6) is 0 Å². The average molecular weight is 184 g/mol. The summed E-state index contributed by atoms with van der Waals surface area (Å²) >= 11 is 0. The van der Waals surface area contributed by atoms with E-state index in [1.807, 2.05) is 0 Å². The predicted octanol–water partition coefficient (Wildman–Crippen LogP) is 2.58. The Labute approximate surface area is 80.6 Å². The maximum Gasteiger partial charge on any atom is 0.168 e. The van der Waals surface area contributed by atoms with E-state index in [0.29, 0.717) is 5.92 Å². The standard InChI is InChI=1S/C11H20O2/c1-3-9(2)10-7-12-11(13-8-10)5-4-6-11/h9-10H,3-8H2,1-2H3. The third-order valence-electron chi connectivity index (χ3n) is 3.68. The lowest BCUT2D eigenvalue weighted by atomic mass is 9.87. The zero-order valence-electron chi connectivity index (χ0n) is 8.71. The Hall–Kier alpha value is -0.0800. The Morgan fingerprint density at radius 3 is 2.31 bits per heavy atom. The molecule has 1 atom stereocenters. The zero-order valence-corrected chi connectivity index (χ0v) is 8.71.